The minimum Gasteiger partial charge on any atom is -0.360 e. The van der Waals surface area contributed by atoms with Crippen molar-refractivity contribution in [2.24, 2.45) is 0 Å². The SMILES string of the molecule is Cc1nc(S[C@H](C)C(=O)Nc2cc(C)on2)c2c3c(sc2n1)CCC3. The zero-order valence-corrected chi connectivity index (χ0v) is 15.9. The van der Waals surface area contributed by atoms with Gasteiger partial charge >= 0.3 is 0 Å². The average Bonchev–Trinajstić information content (AvgIpc) is 3.22. The van der Waals surface area contributed by atoms with Crippen molar-refractivity contribution in [3.05, 3.63) is 28.1 Å². The van der Waals surface area contributed by atoms with Gasteiger partial charge in [0.1, 0.15) is 21.4 Å². The van der Waals surface area contributed by atoms with Gasteiger partial charge in [0.25, 0.3) is 0 Å². The van der Waals surface area contributed by atoms with Gasteiger partial charge in [0.05, 0.1) is 5.25 Å². The third-order valence-electron chi connectivity index (χ3n) is 4.18. The first-order valence-electron chi connectivity index (χ1n) is 8.21. The largest absolute Gasteiger partial charge is 0.360 e. The number of hydrogen-bond acceptors (Lipinski definition) is 7. The van der Waals surface area contributed by atoms with E-state index >= 15 is 0 Å². The molecule has 0 radical (unpaired) electrons. The quantitative estimate of drug-likeness (QED) is 0.551. The summed E-state index contributed by atoms with van der Waals surface area (Å²) in [5, 5.41) is 8.34. The summed E-state index contributed by atoms with van der Waals surface area (Å²) in [5.74, 6) is 1.73. The van der Waals surface area contributed by atoms with E-state index in [1.807, 2.05) is 13.8 Å². The van der Waals surface area contributed by atoms with Crippen LogP contribution in [-0.4, -0.2) is 26.3 Å². The van der Waals surface area contributed by atoms with Crippen molar-refractivity contribution in [3.63, 3.8) is 0 Å². The summed E-state index contributed by atoms with van der Waals surface area (Å²) in [6.45, 7) is 5.57. The third kappa shape index (κ3) is 3.16. The predicted molar refractivity (Wildman–Crippen MR) is 99.4 cm³/mol. The molecule has 3 aromatic rings. The molecule has 3 aromatic heterocycles. The molecule has 0 bridgehead atoms. The van der Waals surface area contributed by atoms with Gasteiger partial charge in [-0.2, -0.15) is 0 Å². The smallest absolute Gasteiger partial charge is 0.238 e. The second kappa shape index (κ2) is 6.42. The van der Waals surface area contributed by atoms with Crippen molar-refractivity contribution < 1.29 is 9.32 Å². The number of thiophene rings is 1. The number of nitrogens with zero attached hydrogens (tertiary/aromatic N) is 3. The molecule has 1 amide bonds. The lowest BCUT2D eigenvalue weighted by molar-refractivity contribution is -0.115. The molecular weight excluding hydrogens is 356 g/mol. The maximum atomic E-state index is 12.5. The Bertz CT molecular complexity index is 963. The van der Waals surface area contributed by atoms with E-state index < -0.39 is 0 Å². The highest BCUT2D eigenvalue weighted by Crippen LogP contribution is 2.41. The number of thioether (sulfide) groups is 1. The van der Waals surface area contributed by atoms with Crippen LogP contribution in [-0.2, 0) is 17.6 Å². The molecule has 1 atom stereocenters. The maximum Gasteiger partial charge on any atom is 0.238 e. The molecule has 1 aliphatic rings. The van der Waals surface area contributed by atoms with E-state index in [9.17, 15) is 4.79 Å². The highest BCUT2D eigenvalue weighted by Gasteiger charge is 2.24. The number of nitrogens with one attached hydrogen (secondary N) is 1. The van der Waals surface area contributed by atoms with Crippen LogP contribution in [0.2, 0.25) is 0 Å². The lowest BCUT2D eigenvalue weighted by Crippen LogP contribution is -2.22. The van der Waals surface area contributed by atoms with Gasteiger partial charge in [-0.25, -0.2) is 9.97 Å². The fraction of sp³-hybridized carbons (Fsp3) is 0.412. The van der Waals surface area contributed by atoms with Crippen molar-refractivity contribution in [1.82, 2.24) is 15.1 Å². The summed E-state index contributed by atoms with van der Waals surface area (Å²) in [4.78, 5) is 24.2. The van der Waals surface area contributed by atoms with E-state index in [4.69, 9.17) is 4.52 Å². The van der Waals surface area contributed by atoms with Gasteiger partial charge in [0, 0.05) is 16.3 Å². The van der Waals surface area contributed by atoms with E-state index in [0.717, 1.165) is 33.9 Å². The van der Waals surface area contributed by atoms with E-state index in [1.165, 1.54) is 28.6 Å². The fourth-order valence-electron chi connectivity index (χ4n) is 3.02. The van der Waals surface area contributed by atoms with Gasteiger partial charge in [-0.3, -0.25) is 4.79 Å². The van der Waals surface area contributed by atoms with Crippen molar-refractivity contribution >= 4 is 45.0 Å². The van der Waals surface area contributed by atoms with E-state index in [-0.39, 0.29) is 11.2 Å². The van der Waals surface area contributed by atoms with Gasteiger partial charge in [-0.1, -0.05) is 16.9 Å². The van der Waals surface area contributed by atoms with Gasteiger partial charge in [-0.15, -0.1) is 11.3 Å². The number of aromatic nitrogens is 3. The summed E-state index contributed by atoms with van der Waals surface area (Å²) < 4.78 is 4.99. The molecule has 6 nitrogen and oxygen atoms in total. The topological polar surface area (TPSA) is 80.9 Å². The van der Waals surface area contributed by atoms with E-state index in [0.29, 0.717) is 11.6 Å². The molecule has 0 saturated heterocycles. The summed E-state index contributed by atoms with van der Waals surface area (Å²) >= 11 is 3.25. The molecule has 0 spiro atoms. The van der Waals surface area contributed by atoms with Gasteiger partial charge in [-0.05, 0) is 45.6 Å². The number of rotatable bonds is 4. The highest BCUT2D eigenvalue weighted by molar-refractivity contribution is 8.00. The predicted octanol–water partition coefficient (Wildman–Crippen LogP) is 3.90. The monoisotopic (exact) mass is 374 g/mol. The molecule has 0 fully saturated rings. The Morgan fingerprint density at radius 1 is 1.36 bits per heavy atom. The normalized spacial score (nSPS) is 14.7. The molecule has 1 N–H and O–H groups in total. The Morgan fingerprint density at radius 2 is 2.20 bits per heavy atom. The van der Waals surface area contributed by atoms with Gasteiger partial charge < -0.3 is 9.84 Å². The second-order valence-corrected chi connectivity index (χ2v) is 8.60. The van der Waals surface area contributed by atoms with Crippen LogP contribution in [0.5, 0.6) is 0 Å². The lowest BCUT2D eigenvalue weighted by atomic mass is 10.2. The zero-order valence-electron chi connectivity index (χ0n) is 14.3. The minimum atomic E-state index is -0.300. The van der Waals surface area contributed by atoms with Crippen molar-refractivity contribution in [2.45, 2.75) is 50.3 Å². The average molecular weight is 374 g/mol. The van der Waals surface area contributed by atoms with Crippen molar-refractivity contribution in [1.29, 1.82) is 0 Å². The van der Waals surface area contributed by atoms with E-state index in [2.05, 4.69) is 20.4 Å². The zero-order chi connectivity index (χ0) is 17.6. The van der Waals surface area contributed by atoms with Gasteiger partial charge in [0.2, 0.25) is 5.91 Å². The summed E-state index contributed by atoms with van der Waals surface area (Å²) in [5.41, 5.74) is 1.38. The molecule has 0 unspecified atom stereocenters. The second-order valence-electron chi connectivity index (χ2n) is 6.19. The Morgan fingerprint density at radius 3 is 2.96 bits per heavy atom. The van der Waals surface area contributed by atoms with Crippen LogP contribution < -0.4 is 5.32 Å². The molecule has 0 saturated carbocycles. The summed E-state index contributed by atoms with van der Waals surface area (Å²) in [7, 11) is 0. The fourth-order valence-corrected chi connectivity index (χ4v) is 5.42. The number of carbonyl (C=O) groups excluding carboxylic acids is 1. The number of anilines is 1. The van der Waals surface area contributed by atoms with Crippen LogP contribution in [0.3, 0.4) is 0 Å². The molecule has 0 aliphatic heterocycles. The van der Waals surface area contributed by atoms with Crippen LogP contribution >= 0.6 is 23.1 Å². The van der Waals surface area contributed by atoms with Crippen LogP contribution in [0.4, 0.5) is 5.82 Å². The molecule has 4 rings (SSSR count). The maximum absolute atomic E-state index is 12.5. The molecule has 130 valence electrons. The van der Waals surface area contributed by atoms with Crippen LogP contribution in [0.1, 0.15) is 35.4 Å². The molecule has 25 heavy (non-hydrogen) atoms. The third-order valence-corrected chi connectivity index (χ3v) is 6.45. The first-order valence-corrected chi connectivity index (χ1v) is 9.90. The van der Waals surface area contributed by atoms with Crippen LogP contribution in [0, 0.1) is 13.8 Å². The molecular formula is C17H18N4O2S2. The summed E-state index contributed by atoms with van der Waals surface area (Å²) in [6.07, 6.45) is 3.39. The lowest BCUT2D eigenvalue weighted by Gasteiger charge is -2.11. The summed E-state index contributed by atoms with van der Waals surface area (Å²) in [6, 6.07) is 1.70. The number of fused-ring (bicyclic) bond motifs is 3. The Labute approximate surface area is 153 Å². The standard InChI is InChI=1S/C17H18N4O2S2/c1-8-7-13(21-23-8)20-15(22)9(2)24-16-14-11-5-4-6-12(11)25-17(14)19-10(3)18-16/h7,9H,4-6H2,1-3H3,(H,20,21,22)/t9-/m1/s1. The molecule has 0 aromatic carbocycles. The first kappa shape index (κ1) is 16.5. The minimum absolute atomic E-state index is 0.116. The molecule has 8 heteroatoms. The molecule has 3 heterocycles. The number of hydrogen-bond donors (Lipinski definition) is 1. The van der Waals surface area contributed by atoms with Crippen molar-refractivity contribution in [2.75, 3.05) is 5.32 Å². The van der Waals surface area contributed by atoms with Gasteiger partial charge in [0.15, 0.2) is 5.82 Å². The number of carbonyl (C=O) groups is 1. The first-order chi connectivity index (χ1) is 12.0. The number of aryl methyl sites for hydroxylation is 4. The van der Waals surface area contributed by atoms with Crippen molar-refractivity contribution in [3.8, 4) is 0 Å². The molecule has 1 aliphatic carbocycles. The highest BCUT2D eigenvalue weighted by atomic mass is 32.2. The Kier molecular flexibility index (Phi) is 4.24. The van der Waals surface area contributed by atoms with Crippen LogP contribution in [0.25, 0.3) is 10.2 Å². The number of amides is 1. The Hall–Kier alpha value is -1.93. The van der Waals surface area contributed by atoms with E-state index in [1.54, 1.807) is 24.3 Å². The van der Waals surface area contributed by atoms with Crippen LogP contribution in [0.15, 0.2) is 15.6 Å². The Balaban J connectivity index is 1.60.